The number of hydrogen-bond acceptors (Lipinski definition) is 3. The van der Waals surface area contributed by atoms with Crippen molar-refractivity contribution in [1.82, 2.24) is 0 Å². The maximum atomic E-state index is 8.62. The van der Waals surface area contributed by atoms with E-state index in [1.54, 1.807) is 6.07 Å². The van der Waals surface area contributed by atoms with Gasteiger partial charge in [-0.05, 0) is 31.0 Å². The normalized spacial score (nSPS) is 10.4. The first-order valence-corrected chi connectivity index (χ1v) is 6.01. The highest BCUT2D eigenvalue weighted by atomic mass is 35.5. The van der Waals surface area contributed by atoms with Gasteiger partial charge in [-0.25, -0.2) is 0 Å². The van der Waals surface area contributed by atoms with Crippen LogP contribution in [0.3, 0.4) is 0 Å². The summed E-state index contributed by atoms with van der Waals surface area (Å²) in [6.45, 7) is 1.19. The molecule has 0 aliphatic heterocycles. The maximum Gasteiger partial charge on any atom is 0.0574 e. The monoisotopic (exact) mass is 242 g/mol. The van der Waals surface area contributed by atoms with Crippen molar-refractivity contribution in [3.05, 3.63) is 23.2 Å². The number of hydrogen-bond donors (Lipinski definition) is 3. The minimum Gasteiger partial charge on any atom is -0.397 e. The molecule has 0 aliphatic rings. The summed E-state index contributed by atoms with van der Waals surface area (Å²) in [6.07, 6.45) is 4.18. The number of nitrogens with one attached hydrogen (secondary N) is 1. The molecule has 0 unspecified atom stereocenters. The Hall–Kier alpha value is -0.930. The third-order valence-electron chi connectivity index (χ3n) is 2.41. The van der Waals surface area contributed by atoms with Crippen molar-refractivity contribution in [2.45, 2.75) is 25.7 Å². The van der Waals surface area contributed by atoms with Crippen molar-refractivity contribution in [3.8, 4) is 0 Å². The van der Waals surface area contributed by atoms with Gasteiger partial charge in [0.25, 0.3) is 0 Å². The summed E-state index contributed by atoms with van der Waals surface area (Å²) in [6, 6.07) is 5.47. The van der Waals surface area contributed by atoms with Crippen LogP contribution in [0.25, 0.3) is 0 Å². The van der Waals surface area contributed by atoms with Gasteiger partial charge in [0.05, 0.1) is 11.4 Å². The van der Waals surface area contributed by atoms with Crippen molar-refractivity contribution in [1.29, 1.82) is 0 Å². The molecule has 1 rings (SSSR count). The van der Waals surface area contributed by atoms with E-state index in [1.165, 1.54) is 0 Å². The molecule has 0 saturated carbocycles. The predicted octanol–water partition coefficient (Wildman–Crippen LogP) is 2.89. The van der Waals surface area contributed by atoms with E-state index in [1.807, 2.05) is 12.1 Å². The molecule has 3 nitrogen and oxygen atoms in total. The van der Waals surface area contributed by atoms with Crippen molar-refractivity contribution >= 4 is 23.0 Å². The number of anilines is 2. The van der Waals surface area contributed by atoms with Gasteiger partial charge in [0, 0.05) is 18.2 Å². The molecule has 1 aromatic carbocycles. The summed E-state index contributed by atoms with van der Waals surface area (Å²) >= 11 is 5.80. The van der Waals surface area contributed by atoms with Crippen LogP contribution in [0.2, 0.25) is 5.02 Å². The molecule has 1 aromatic rings. The van der Waals surface area contributed by atoms with Gasteiger partial charge in [-0.15, -0.1) is 0 Å². The van der Waals surface area contributed by atoms with E-state index in [0.29, 0.717) is 10.7 Å². The lowest BCUT2D eigenvalue weighted by molar-refractivity contribution is 0.283. The second kappa shape index (κ2) is 7.36. The zero-order valence-corrected chi connectivity index (χ0v) is 10.1. The molecule has 4 N–H and O–H groups in total. The van der Waals surface area contributed by atoms with Gasteiger partial charge in [-0.2, -0.15) is 0 Å². The Labute approximate surface area is 102 Å². The van der Waals surface area contributed by atoms with E-state index >= 15 is 0 Å². The van der Waals surface area contributed by atoms with Crippen LogP contribution >= 0.6 is 11.6 Å². The fourth-order valence-corrected chi connectivity index (χ4v) is 1.69. The highest BCUT2D eigenvalue weighted by Crippen LogP contribution is 2.22. The molecule has 0 heterocycles. The fourth-order valence-electron chi connectivity index (χ4n) is 1.51. The van der Waals surface area contributed by atoms with Gasteiger partial charge >= 0.3 is 0 Å². The molecule has 0 fully saturated rings. The minimum absolute atomic E-state index is 0.289. The lowest BCUT2D eigenvalue weighted by atomic mass is 10.2. The number of halogens is 1. The molecule has 0 atom stereocenters. The van der Waals surface area contributed by atoms with E-state index in [0.717, 1.165) is 37.9 Å². The Balaban J connectivity index is 2.21. The molecule has 0 saturated heterocycles. The Morgan fingerprint density at radius 1 is 1.19 bits per heavy atom. The van der Waals surface area contributed by atoms with Crippen LogP contribution in [0.5, 0.6) is 0 Å². The Morgan fingerprint density at radius 2 is 1.94 bits per heavy atom. The number of nitrogen functional groups attached to an aromatic ring is 1. The molecule has 0 bridgehead atoms. The zero-order chi connectivity index (χ0) is 11.8. The average molecular weight is 243 g/mol. The lowest BCUT2D eigenvalue weighted by Crippen LogP contribution is -2.04. The first-order valence-electron chi connectivity index (χ1n) is 5.64. The summed E-state index contributed by atoms with van der Waals surface area (Å²) in [5, 5.41) is 12.5. The van der Waals surface area contributed by atoms with Crippen molar-refractivity contribution in [2.75, 3.05) is 24.2 Å². The van der Waals surface area contributed by atoms with E-state index in [2.05, 4.69) is 5.32 Å². The molecule has 90 valence electrons. The molecular weight excluding hydrogens is 224 g/mol. The molecule has 0 spiro atoms. The summed E-state index contributed by atoms with van der Waals surface area (Å²) in [4.78, 5) is 0. The Bertz CT molecular complexity index is 318. The minimum atomic E-state index is 0.289. The number of benzene rings is 1. The fraction of sp³-hybridized carbons (Fsp3) is 0.500. The summed E-state index contributed by atoms with van der Waals surface area (Å²) in [5.74, 6) is 0. The third-order valence-corrected chi connectivity index (χ3v) is 2.65. The molecule has 0 radical (unpaired) electrons. The van der Waals surface area contributed by atoms with Crippen LogP contribution < -0.4 is 11.1 Å². The first-order chi connectivity index (χ1) is 7.74. The quantitative estimate of drug-likeness (QED) is 0.509. The summed E-state index contributed by atoms with van der Waals surface area (Å²) < 4.78 is 0. The second-order valence-electron chi connectivity index (χ2n) is 3.80. The topological polar surface area (TPSA) is 58.3 Å². The third kappa shape index (κ3) is 4.73. The predicted molar refractivity (Wildman–Crippen MR) is 69.9 cm³/mol. The standard InChI is InChI=1S/C12H19ClN2O/c13-10-5-6-12(11(14)9-10)15-7-3-1-2-4-8-16/h5-6,9,15-16H,1-4,7-8,14H2. The first kappa shape index (κ1) is 13.1. The smallest absolute Gasteiger partial charge is 0.0574 e. The Morgan fingerprint density at radius 3 is 2.62 bits per heavy atom. The largest absolute Gasteiger partial charge is 0.397 e. The second-order valence-corrected chi connectivity index (χ2v) is 4.23. The number of aliphatic hydroxyl groups is 1. The van der Waals surface area contributed by atoms with Gasteiger partial charge in [0.1, 0.15) is 0 Å². The highest BCUT2D eigenvalue weighted by molar-refractivity contribution is 6.31. The molecule has 4 heteroatoms. The van der Waals surface area contributed by atoms with Gasteiger partial charge in [-0.3, -0.25) is 0 Å². The van der Waals surface area contributed by atoms with Crippen LogP contribution in [0.15, 0.2) is 18.2 Å². The van der Waals surface area contributed by atoms with Crippen molar-refractivity contribution < 1.29 is 5.11 Å². The number of rotatable bonds is 7. The maximum absolute atomic E-state index is 8.62. The molecule has 0 amide bonds. The average Bonchev–Trinajstić information content (AvgIpc) is 2.26. The SMILES string of the molecule is Nc1cc(Cl)ccc1NCCCCCCO. The van der Waals surface area contributed by atoms with E-state index < -0.39 is 0 Å². The van der Waals surface area contributed by atoms with E-state index in [-0.39, 0.29) is 6.61 Å². The highest BCUT2D eigenvalue weighted by Gasteiger charge is 1.98. The zero-order valence-electron chi connectivity index (χ0n) is 9.38. The van der Waals surface area contributed by atoms with Crippen LogP contribution in [0.4, 0.5) is 11.4 Å². The molecule has 0 aromatic heterocycles. The van der Waals surface area contributed by atoms with Gasteiger partial charge in [-0.1, -0.05) is 24.4 Å². The summed E-state index contributed by atoms with van der Waals surface area (Å²) in [7, 11) is 0. The van der Waals surface area contributed by atoms with Crippen molar-refractivity contribution in [3.63, 3.8) is 0 Å². The number of nitrogens with two attached hydrogens (primary N) is 1. The number of aliphatic hydroxyl groups excluding tert-OH is 1. The molecule has 16 heavy (non-hydrogen) atoms. The Kier molecular flexibility index (Phi) is 6.04. The van der Waals surface area contributed by atoms with Crippen LogP contribution in [0, 0.1) is 0 Å². The molecular formula is C12H19ClN2O. The van der Waals surface area contributed by atoms with Gasteiger partial charge < -0.3 is 16.2 Å². The van der Waals surface area contributed by atoms with Crippen LogP contribution in [-0.4, -0.2) is 18.3 Å². The van der Waals surface area contributed by atoms with Crippen molar-refractivity contribution in [2.24, 2.45) is 0 Å². The van der Waals surface area contributed by atoms with E-state index in [9.17, 15) is 0 Å². The molecule has 0 aliphatic carbocycles. The van der Waals surface area contributed by atoms with Gasteiger partial charge in [0.15, 0.2) is 0 Å². The van der Waals surface area contributed by atoms with Gasteiger partial charge in [0.2, 0.25) is 0 Å². The number of unbranched alkanes of at least 4 members (excludes halogenated alkanes) is 3. The van der Waals surface area contributed by atoms with E-state index in [4.69, 9.17) is 22.4 Å². The van der Waals surface area contributed by atoms with Crippen LogP contribution in [0.1, 0.15) is 25.7 Å². The van der Waals surface area contributed by atoms with Crippen LogP contribution in [-0.2, 0) is 0 Å². The summed E-state index contributed by atoms with van der Waals surface area (Å²) in [5.41, 5.74) is 7.42. The lowest BCUT2D eigenvalue weighted by Gasteiger charge is -2.09.